The van der Waals surface area contributed by atoms with E-state index in [1.54, 1.807) is 12.1 Å². The first kappa shape index (κ1) is 21.7. The van der Waals surface area contributed by atoms with Crippen molar-refractivity contribution in [3.63, 3.8) is 0 Å². The van der Waals surface area contributed by atoms with Gasteiger partial charge in [0.25, 0.3) is 5.91 Å². The average Bonchev–Trinajstić information content (AvgIpc) is 2.45. The molecule has 0 saturated heterocycles. The SMILES string of the molecule is COCC(N)C(=O)Nc1ccc(C(=O)NCC(C)C)c(Cl)c1.Cl. The van der Waals surface area contributed by atoms with Crippen LogP contribution in [0.1, 0.15) is 24.2 Å². The zero-order valence-corrected chi connectivity index (χ0v) is 15.0. The van der Waals surface area contributed by atoms with Gasteiger partial charge in [0.05, 0.1) is 17.2 Å². The fraction of sp³-hybridized carbons (Fsp3) is 0.467. The smallest absolute Gasteiger partial charge is 0.252 e. The van der Waals surface area contributed by atoms with Gasteiger partial charge in [-0.1, -0.05) is 25.4 Å². The number of amides is 2. The van der Waals surface area contributed by atoms with E-state index >= 15 is 0 Å². The van der Waals surface area contributed by atoms with Gasteiger partial charge in [0.15, 0.2) is 0 Å². The molecule has 130 valence electrons. The van der Waals surface area contributed by atoms with Crippen molar-refractivity contribution in [3.05, 3.63) is 28.8 Å². The van der Waals surface area contributed by atoms with Crippen LogP contribution in [0.25, 0.3) is 0 Å². The first-order valence-electron chi connectivity index (χ1n) is 6.98. The minimum atomic E-state index is -0.766. The van der Waals surface area contributed by atoms with Crippen molar-refractivity contribution in [2.45, 2.75) is 19.9 Å². The zero-order valence-electron chi connectivity index (χ0n) is 13.4. The van der Waals surface area contributed by atoms with E-state index in [4.69, 9.17) is 22.1 Å². The topological polar surface area (TPSA) is 93.4 Å². The molecule has 0 aliphatic rings. The van der Waals surface area contributed by atoms with Gasteiger partial charge < -0.3 is 21.1 Å². The lowest BCUT2D eigenvalue weighted by molar-refractivity contribution is -0.118. The van der Waals surface area contributed by atoms with Crippen molar-refractivity contribution in [1.29, 1.82) is 0 Å². The van der Waals surface area contributed by atoms with E-state index < -0.39 is 6.04 Å². The predicted octanol–water partition coefficient (Wildman–Crippen LogP) is 2.06. The monoisotopic (exact) mass is 363 g/mol. The lowest BCUT2D eigenvalue weighted by Gasteiger charge is -2.13. The van der Waals surface area contributed by atoms with E-state index in [9.17, 15) is 9.59 Å². The molecule has 1 unspecified atom stereocenters. The summed E-state index contributed by atoms with van der Waals surface area (Å²) in [7, 11) is 1.47. The van der Waals surface area contributed by atoms with Crippen LogP contribution in [0.2, 0.25) is 5.02 Å². The van der Waals surface area contributed by atoms with Gasteiger partial charge in [-0.25, -0.2) is 0 Å². The molecule has 1 rings (SSSR count). The van der Waals surface area contributed by atoms with Crippen molar-refractivity contribution in [3.8, 4) is 0 Å². The quantitative estimate of drug-likeness (QED) is 0.690. The first-order chi connectivity index (χ1) is 10.3. The molecule has 0 heterocycles. The Labute approximate surface area is 147 Å². The van der Waals surface area contributed by atoms with Crippen molar-refractivity contribution >= 4 is 41.5 Å². The molecule has 0 fully saturated rings. The van der Waals surface area contributed by atoms with Crippen molar-refractivity contribution in [2.75, 3.05) is 25.6 Å². The number of carbonyl (C=O) groups is 2. The summed E-state index contributed by atoms with van der Waals surface area (Å²) in [6.07, 6.45) is 0. The number of hydrogen-bond donors (Lipinski definition) is 3. The number of ether oxygens (including phenoxy) is 1. The van der Waals surface area contributed by atoms with Crippen LogP contribution in [0.4, 0.5) is 5.69 Å². The molecule has 0 spiro atoms. The Kier molecular flexibility index (Phi) is 9.83. The second-order valence-corrected chi connectivity index (χ2v) is 5.76. The molecule has 1 atom stereocenters. The lowest BCUT2D eigenvalue weighted by atomic mass is 10.1. The lowest BCUT2D eigenvalue weighted by Crippen LogP contribution is -2.39. The molecule has 0 saturated carbocycles. The number of halogens is 2. The van der Waals surface area contributed by atoms with Gasteiger partial charge in [-0.2, -0.15) is 0 Å². The molecule has 2 amide bonds. The number of carbonyl (C=O) groups excluding carboxylic acids is 2. The van der Waals surface area contributed by atoms with E-state index in [-0.39, 0.29) is 35.9 Å². The van der Waals surface area contributed by atoms with Crippen molar-refractivity contribution < 1.29 is 14.3 Å². The van der Waals surface area contributed by atoms with Gasteiger partial charge in [0.1, 0.15) is 6.04 Å². The summed E-state index contributed by atoms with van der Waals surface area (Å²) in [5.74, 6) is -0.272. The fourth-order valence-electron chi connectivity index (χ4n) is 1.66. The summed E-state index contributed by atoms with van der Waals surface area (Å²) >= 11 is 6.10. The van der Waals surface area contributed by atoms with Crippen LogP contribution in [0, 0.1) is 5.92 Å². The van der Waals surface area contributed by atoms with Crippen molar-refractivity contribution in [2.24, 2.45) is 11.7 Å². The Morgan fingerprint density at radius 3 is 2.52 bits per heavy atom. The Morgan fingerprint density at radius 2 is 2.00 bits per heavy atom. The van der Waals surface area contributed by atoms with Crippen LogP contribution < -0.4 is 16.4 Å². The van der Waals surface area contributed by atoms with Crippen LogP contribution >= 0.6 is 24.0 Å². The summed E-state index contributed by atoms with van der Waals surface area (Å²) < 4.78 is 4.82. The molecule has 0 aromatic heterocycles. The second-order valence-electron chi connectivity index (χ2n) is 5.35. The molecule has 23 heavy (non-hydrogen) atoms. The molecule has 0 bridgehead atoms. The third kappa shape index (κ3) is 7.18. The molecule has 4 N–H and O–H groups in total. The maximum Gasteiger partial charge on any atom is 0.252 e. The molecule has 0 radical (unpaired) electrons. The van der Waals surface area contributed by atoms with Gasteiger partial charge in [-0.15, -0.1) is 12.4 Å². The van der Waals surface area contributed by atoms with Gasteiger partial charge in [-0.3, -0.25) is 9.59 Å². The maximum atomic E-state index is 12.0. The summed E-state index contributed by atoms with van der Waals surface area (Å²) in [5.41, 5.74) is 6.46. The number of methoxy groups -OCH3 is 1. The summed E-state index contributed by atoms with van der Waals surface area (Å²) in [6, 6.07) is 3.92. The molecule has 0 aliphatic heterocycles. The Balaban J connectivity index is 0.00000484. The van der Waals surface area contributed by atoms with Crippen LogP contribution in [0.3, 0.4) is 0 Å². The second kappa shape index (κ2) is 10.4. The normalized spacial score (nSPS) is 11.6. The van der Waals surface area contributed by atoms with E-state index in [2.05, 4.69) is 10.6 Å². The summed E-state index contributed by atoms with van der Waals surface area (Å²) in [4.78, 5) is 23.7. The number of nitrogens with one attached hydrogen (secondary N) is 2. The van der Waals surface area contributed by atoms with Crippen LogP contribution in [-0.2, 0) is 9.53 Å². The average molecular weight is 364 g/mol. The largest absolute Gasteiger partial charge is 0.383 e. The summed E-state index contributed by atoms with van der Waals surface area (Å²) in [5, 5.41) is 5.67. The minimum absolute atomic E-state index is 0. The third-order valence-corrected chi connectivity index (χ3v) is 3.15. The number of benzene rings is 1. The molecule has 0 aliphatic carbocycles. The highest BCUT2D eigenvalue weighted by molar-refractivity contribution is 6.34. The van der Waals surface area contributed by atoms with Gasteiger partial charge in [-0.05, 0) is 24.1 Å². The minimum Gasteiger partial charge on any atom is -0.383 e. The fourth-order valence-corrected chi connectivity index (χ4v) is 1.93. The Bertz CT molecular complexity index is 539. The van der Waals surface area contributed by atoms with Gasteiger partial charge in [0.2, 0.25) is 5.91 Å². The number of hydrogen-bond acceptors (Lipinski definition) is 4. The van der Waals surface area contributed by atoms with Crippen LogP contribution in [0.5, 0.6) is 0 Å². The van der Waals surface area contributed by atoms with E-state index in [1.807, 2.05) is 13.8 Å². The van der Waals surface area contributed by atoms with Gasteiger partial charge >= 0.3 is 0 Å². The number of rotatable bonds is 7. The standard InChI is InChI=1S/C15H22ClN3O3.ClH/c1-9(2)7-18-14(20)11-5-4-10(6-12(11)16)19-15(21)13(17)8-22-3;/h4-6,9,13H,7-8,17H2,1-3H3,(H,18,20)(H,19,21);1H. The van der Waals surface area contributed by atoms with E-state index in [0.29, 0.717) is 23.7 Å². The molecular weight excluding hydrogens is 341 g/mol. The summed E-state index contributed by atoms with van der Waals surface area (Å²) in [6.45, 7) is 4.70. The molecule has 8 heteroatoms. The van der Waals surface area contributed by atoms with Crippen LogP contribution in [-0.4, -0.2) is 38.1 Å². The third-order valence-electron chi connectivity index (χ3n) is 2.84. The number of anilines is 1. The highest BCUT2D eigenvalue weighted by Crippen LogP contribution is 2.21. The molecule has 1 aromatic carbocycles. The Morgan fingerprint density at radius 1 is 1.35 bits per heavy atom. The van der Waals surface area contributed by atoms with Gasteiger partial charge in [0, 0.05) is 19.3 Å². The molecule has 1 aromatic rings. The van der Waals surface area contributed by atoms with E-state index in [0.717, 1.165) is 0 Å². The van der Waals surface area contributed by atoms with E-state index in [1.165, 1.54) is 13.2 Å². The highest BCUT2D eigenvalue weighted by atomic mass is 35.5. The highest BCUT2D eigenvalue weighted by Gasteiger charge is 2.15. The predicted molar refractivity (Wildman–Crippen MR) is 94.4 cm³/mol. The maximum absolute atomic E-state index is 12.0. The van der Waals surface area contributed by atoms with Crippen LogP contribution in [0.15, 0.2) is 18.2 Å². The van der Waals surface area contributed by atoms with Crippen molar-refractivity contribution in [1.82, 2.24) is 5.32 Å². The molecule has 6 nitrogen and oxygen atoms in total. The first-order valence-corrected chi connectivity index (χ1v) is 7.36. The zero-order chi connectivity index (χ0) is 16.7. The Hall–Kier alpha value is -1.34. The number of nitrogens with two attached hydrogens (primary N) is 1. The molecular formula is C15H23Cl2N3O3.